The zero-order valence-corrected chi connectivity index (χ0v) is 13.3. The molecule has 1 heterocycles. The average molecular weight is 337 g/mol. The molecule has 0 aliphatic carbocycles. The zero-order valence-electron chi connectivity index (χ0n) is 11.7. The van der Waals surface area contributed by atoms with Crippen LogP contribution in [0.2, 0.25) is 0 Å². The second-order valence-electron chi connectivity index (χ2n) is 5.20. The van der Waals surface area contributed by atoms with Crippen molar-refractivity contribution in [2.45, 2.75) is 30.4 Å². The molecule has 0 saturated carbocycles. The largest absolute Gasteiger partial charge is 0.326 e. The number of hydrogen-bond donors (Lipinski definition) is 2. The van der Waals surface area contributed by atoms with Gasteiger partial charge in [0, 0.05) is 17.1 Å². The van der Waals surface area contributed by atoms with Crippen LogP contribution in [0.3, 0.4) is 0 Å². The summed E-state index contributed by atoms with van der Waals surface area (Å²) in [5, 5.41) is 6.08. The van der Waals surface area contributed by atoms with Crippen LogP contribution in [0.5, 0.6) is 0 Å². The Morgan fingerprint density at radius 2 is 2.05 bits per heavy atom. The minimum atomic E-state index is -2.43. The predicted octanol–water partition coefficient (Wildman–Crippen LogP) is 3.75. The van der Waals surface area contributed by atoms with Gasteiger partial charge in [-0.2, -0.15) is 8.78 Å². The summed E-state index contributed by atoms with van der Waals surface area (Å²) in [7, 11) is 0. The fraction of sp³-hybridized carbons (Fsp3) is 0.500. The molecule has 7 heteroatoms. The van der Waals surface area contributed by atoms with Crippen LogP contribution in [-0.4, -0.2) is 24.8 Å². The van der Waals surface area contributed by atoms with Gasteiger partial charge in [-0.05, 0) is 50.6 Å². The monoisotopic (exact) mass is 336 g/mol. The van der Waals surface area contributed by atoms with Crippen molar-refractivity contribution in [2.75, 3.05) is 18.4 Å². The van der Waals surface area contributed by atoms with Gasteiger partial charge in [0.15, 0.2) is 0 Å². The van der Waals surface area contributed by atoms with E-state index in [9.17, 15) is 13.6 Å². The number of amides is 1. The van der Waals surface area contributed by atoms with Gasteiger partial charge in [0.25, 0.3) is 5.76 Å². The first kappa shape index (κ1) is 18.2. The van der Waals surface area contributed by atoms with Gasteiger partial charge in [0.1, 0.15) is 0 Å². The lowest BCUT2D eigenvalue weighted by Crippen LogP contribution is -2.46. The second kappa shape index (κ2) is 7.96. The van der Waals surface area contributed by atoms with E-state index in [4.69, 9.17) is 0 Å². The Morgan fingerprint density at radius 1 is 1.38 bits per heavy atom. The number of hydrogen-bond acceptors (Lipinski definition) is 3. The molecule has 1 aromatic carbocycles. The minimum Gasteiger partial charge on any atom is -0.326 e. The van der Waals surface area contributed by atoms with Crippen LogP contribution < -0.4 is 10.6 Å². The van der Waals surface area contributed by atoms with Gasteiger partial charge in [-0.1, -0.05) is 11.8 Å². The summed E-state index contributed by atoms with van der Waals surface area (Å²) in [6.45, 7) is 3.55. The number of nitrogens with one attached hydrogen (secondary N) is 2. The third-order valence-corrected chi connectivity index (χ3v) is 4.21. The first-order chi connectivity index (χ1) is 9.49. The van der Waals surface area contributed by atoms with E-state index >= 15 is 0 Å². The number of carbonyl (C=O) groups is 1. The normalized spacial score (nSPS) is 21.7. The summed E-state index contributed by atoms with van der Waals surface area (Å²) < 4.78 is 24.4. The van der Waals surface area contributed by atoms with Crippen molar-refractivity contribution in [2.24, 2.45) is 5.41 Å². The average Bonchev–Trinajstić information content (AvgIpc) is 2.41. The summed E-state index contributed by atoms with van der Waals surface area (Å²) in [5.74, 6) is -2.46. The topological polar surface area (TPSA) is 41.1 Å². The summed E-state index contributed by atoms with van der Waals surface area (Å²) >= 11 is 0.497. The number of halogens is 3. The molecule has 0 bridgehead atoms. The molecule has 1 amide bonds. The summed E-state index contributed by atoms with van der Waals surface area (Å²) in [6.07, 6.45) is 1.83. The molecule has 0 spiro atoms. The van der Waals surface area contributed by atoms with E-state index in [1.165, 1.54) is 0 Å². The highest BCUT2D eigenvalue weighted by Crippen LogP contribution is 2.29. The summed E-state index contributed by atoms with van der Waals surface area (Å²) in [4.78, 5) is 12.8. The maximum atomic E-state index is 12.3. The fourth-order valence-corrected chi connectivity index (χ4v) is 2.75. The SMILES string of the molecule is CC1(C(=O)Nc2ccc(SC(F)F)cc2)CCCNC1.Cl. The van der Waals surface area contributed by atoms with Crippen LogP contribution in [0.15, 0.2) is 29.2 Å². The summed E-state index contributed by atoms with van der Waals surface area (Å²) in [5.41, 5.74) is 0.231. The lowest BCUT2D eigenvalue weighted by Gasteiger charge is -2.32. The number of rotatable bonds is 4. The van der Waals surface area contributed by atoms with Gasteiger partial charge in [-0.3, -0.25) is 4.79 Å². The molecule has 21 heavy (non-hydrogen) atoms. The number of thioether (sulfide) groups is 1. The molecule has 1 saturated heterocycles. The molecule has 1 aromatic rings. The Kier molecular flexibility index (Phi) is 6.90. The van der Waals surface area contributed by atoms with E-state index in [-0.39, 0.29) is 18.3 Å². The van der Waals surface area contributed by atoms with E-state index in [0.29, 0.717) is 28.9 Å². The maximum absolute atomic E-state index is 12.3. The van der Waals surface area contributed by atoms with Crippen molar-refractivity contribution >= 4 is 35.8 Å². The molecule has 1 atom stereocenters. The second-order valence-corrected chi connectivity index (χ2v) is 6.26. The third kappa shape index (κ3) is 5.13. The highest BCUT2D eigenvalue weighted by Gasteiger charge is 2.34. The maximum Gasteiger partial charge on any atom is 0.288 e. The van der Waals surface area contributed by atoms with Crippen LogP contribution in [0.1, 0.15) is 19.8 Å². The van der Waals surface area contributed by atoms with Gasteiger partial charge in [0.05, 0.1) is 5.41 Å². The third-order valence-electron chi connectivity index (χ3n) is 3.48. The predicted molar refractivity (Wildman–Crippen MR) is 84.4 cm³/mol. The minimum absolute atomic E-state index is 0. The van der Waals surface area contributed by atoms with Crippen molar-refractivity contribution in [3.63, 3.8) is 0 Å². The van der Waals surface area contributed by atoms with Crippen molar-refractivity contribution in [1.29, 1.82) is 0 Å². The molecule has 2 rings (SSSR count). The molecule has 3 nitrogen and oxygen atoms in total. The van der Waals surface area contributed by atoms with E-state index in [0.717, 1.165) is 19.4 Å². The van der Waals surface area contributed by atoms with Crippen molar-refractivity contribution in [3.05, 3.63) is 24.3 Å². The molecule has 118 valence electrons. The highest BCUT2D eigenvalue weighted by atomic mass is 35.5. The van der Waals surface area contributed by atoms with Gasteiger partial charge in [-0.25, -0.2) is 0 Å². The quantitative estimate of drug-likeness (QED) is 0.823. The van der Waals surface area contributed by atoms with E-state index < -0.39 is 11.2 Å². The van der Waals surface area contributed by atoms with E-state index in [1.54, 1.807) is 24.3 Å². The van der Waals surface area contributed by atoms with Crippen LogP contribution in [-0.2, 0) is 4.79 Å². The Morgan fingerprint density at radius 3 is 2.57 bits per heavy atom. The van der Waals surface area contributed by atoms with Crippen LogP contribution >= 0.6 is 24.2 Å². The lowest BCUT2D eigenvalue weighted by molar-refractivity contribution is -0.125. The van der Waals surface area contributed by atoms with Crippen LogP contribution in [0, 0.1) is 5.41 Å². The number of anilines is 1. The zero-order chi connectivity index (χ0) is 14.6. The van der Waals surface area contributed by atoms with Crippen LogP contribution in [0.25, 0.3) is 0 Å². The first-order valence-electron chi connectivity index (χ1n) is 6.57. The van der Waals surface area contributed by atoms with Gasteiger partial charge in [0.2, 0.25) is 5.91 Å². The van der Waals surface area contributed by atoms with Gasteiger partial charge >= 0.3 is 0 Å². The molecule has 1 aliphatic rings. The number of benzene rings is 1. The van der Waals surface area contributed by atoms with Gasteiger partial charge < -0.3 is 10.6 Å². The van der Waals surface area contributed by atoms with Gasteiger partial charge in [-0.15, -0.1) is 12.4 Å². The standard InChI is InChI=1S/C14H18F2N2OS.ClH/c1-14(7-2-8-17-9-14)12(19)18-10-3-5-11(6-4-10)20-13(15)16;/h3-6,13,17H,2,7-9H2,1H3,(H,18,19);1H. The molecule has 0 aromatic heterocycles. The Labute approximate surface area is 133 Å². The fourth-order valence-electron chi connectivity index (χ4n) is 2.25. The lowest BCUT2D eigenvalue weighted by atomic mass is 9.82. The molecular weight excluding hydrogens is 318 g/mol. The van der Waals surface area contributed by atoms with Crippen molar-refractivity contribution in [3.8, 4) is 0 Å². The smallest absolute Gasteiger partial charge is 0.288 e. The van der Waals surface area contributed by atoms with Crippen molar-refractivity contribution < 1.29 is 13.6 Å². The Bertz CT molecular complexity index is 465. The molecular formula is C14H19ClF2N2OS. The van der Waals surface area contributed by atoms with E-state index in [2.05, 4.69) is 10.6 Å². The van der Waals surface area contributed by atoms with E-state index in [1.807, 2.05) is 6.92 Å². The molecule has 2 N–H and O–H groups in total. The number of carbonyl (C=O) groups excluding carboxylic acids is 1. The molecule has 1 unspecified atom stereocenters. The van der Waals surface area contributed by atoms with Crippen LogP contribution in [0.4, 0.5) is 14.5 Å². The Balaban J connectivity index is 0.00000220. The number of piperidine rings is 1. The van der Waals surface area contributed by atoms with Crippen molar-refractivity contribution in [1.82, 2.24) is 5.32 Å². The molecule has 0 radical (unpaired) electrons. The summed E-state index contributed by atoms with van der Waals surface area (Å²) in [6, 6.07) is 6.49. The number of alkyl halides is 2. The Hall–Kier alpha value is -0.850. The molecule has 1 fully saturated rings. The highest BCUT2D eigenvalue weighted by molar-refractivity contribution is 7.99. The molecule has 1 aliphatic heterocycles. The first-order valence-corrected chi connectivity index (χ1v) is 7.45.